The fraction of sp³-hybridized carbons (Fsp3) is 1.00. The Bertz CT molecular complexity index is 345. The molecule has 164 valence electrons. The van der Waals surface area contributed by atoms with Crippen LogP contribution in [-0.4, -0.2) is 13.2 Å². The maximum Gasteiger partial charge on any atom is 1.00 e. The van der Waals surface area contributed by atoms with Crippen LogP contribution in [0.2, 0.25) is 0 Å². The molecular weight excluding hydrogens is 386 g/mol. The van der Waals surface area contributed by atoms with Gasteiger partial charge in [-0.3, -0.25) is 4.57 Å². The Balaban J connectivity index is 0. The molecule has 1 unspecified atom stereocenters. The second kappa shape index (κ2) is 24.3. The quantitative estimate of drug-likeness (QED) is 0.0851. The van der Waals surface area contributed by atoms with Crippen LogP contribution in [0.4, 0.5) is 0 Å². The normalized spacial score (nSPS) is 13.2. The summed E-state index contributed by atoms with van der Waals surface area (Å²) in [5.74, 6) is 0. The van der Waals surface area contributed by atoms with Crippen LogP contribution < -0.4 is 34.5 Å². The molecule has 0 saturated carbocycles. The molecule has 0 saturated heterocycles. The topological polar surface area (TPSA) is 67.8 Å². The smallest absolute Gasteiger partial charge is 0.754 e. The second-order valence-corrected chi connectivity index (χ2v) is 8.78. The van der Waals surface area contributed by atoms with E-state index in [-0.39, 0.29) is 36.2 Å². The summed E-state index contributed by atoms with van der Waals surface area (Å²) in [5.41, 5.74) is 0. The van der Waals surface area contributed by atoms with Gasteiger partial charge in [0.1, 0.15) is 0 Å². The van der Waals surface area contributed by atoms with Crippen molar-refractivity contribution in [1.82, 2.24) is 0 Å². The molecule has 0 aromatic rings. The molecule has 0 amide bonds. The van der Waals surface area contributed by atoms with E-state index in [4.69, 9.17) is 4.89 Å². The largest absolute Gasteiger partial charge is 1.00 e. The molecule has 5 nitrogen and oxygen atoms in total. The average Bonchev–Trinajstić information content (AvgIpc) is 2.65. The van der Waals surface area contributed by atoms with Gasteiger partial charge >= 0.3 is 29.6 Å². The van der Waals surface area contributed by atoms with E-state index in [1.807, 2.05) is 6.92 Å². The van der Waals surface area contributed by atoms with Crippen LogP contribution in [0.5, 0.6) is 0 Å². The van der Waals surface area contributed by atoms with Crippen LogP contribution in [0.3, 0.4) is 0 Å². The predicted octanol–water partition coefficient (Wildman–Crippen LogP) is 4.10. The van der Waals surface area contributed by atoms with Crippen molar-refractivity contribution in [2.75, 3.05) is 13.2 Å². The van der Waals surface area contributed by atoms with Crippen molar-refractivity contribution < 1.29 is 53.1 Å². The van der Waals surface area contributed by atoms with Gasteiger partial charge in [-0.15, -0.1) is 0 Å². The van der Waals surface area contributed by atoms with Crippen molar-refractivity contribution in [1.29, 1.82) is 0 Å². The van der Waals surface area contributed by atoms with E-state index in [1.54, 1.807) is 0 Å². The average molecular weight is 431 g/mol. The van der Waals surface area contributed by atoms with Crippen molar-refractivity contribution in [3.8, 4) is 0 Å². The number of phosphoric acid groups is 1. The third-order valence-corrected chi connectivity index (χ3v) is 5.47. The maximum absolute atomic E-state index is 11.2. The van der Waals surface area contributed by atoms with Gasteiger partial charge in [0, 0.05) is 0 Å². The van der Waals surface area contributed by atoms with Gasteiger partial charge in [-0.1, -0.05) is 110 Å². The van der Waals surface area contributed by atoms with Gasteiger partial charge in [0.25, 0.3) is 7.82 Å². The third-order valence-electron chi connectivity index (χ3n) is 4.68. The Morgan fingerprint density at radius 1 is 0.607 bits per heavy atom. The molecule has 0 radical (unpaired) electrons. The van der Waals surface area contributed by atoms with E-state index < -0.39 is 7.82 Å². The van der Waals surface area contributed by atoms with Crippen molar-refractivity contribution in [2.45, 2.75) is 123 Å². The van der Waals surface area contributed by atoms with Crippen LogP contribution in [-0.2, 0) is 18.7 Å². The molecular formula is C21H44NaO5P. The van der Waals surface area contributed by atoms with E-state index in [2.05, 4.69) is 16.1 Å². The Morgan fingerprint density at radius 2 is 1.00 bits per heavy atom. The van der Waals surface area contributed by atoms with Gasteiger partial charge in [0.15, 0.2) is 0 Å². The number of hydrogen-bond acceptors (Lipinski definition) is 5. The van der Waals surface area contributed by atoms with E-state index in [0.29, 0.717) is 13.0 Å². The zero-order valence-electron chi connectivity index (χ0n) is 18.9. The first-order chi connectivity index (χ1) is 13.1. The van der Waals surface area contributed by atoms with E-state index in [0.717, 1.165) is 12.8 Å². The molecule has 0 aromatic heterocycles. The molecule has 0 bridgehead atoms. The predicted molar refractivity (Wildman–Crippen MR) is 110 cm³/mol. The first-order valence-electron chi connectivity index (χ1n) is 11.4. The van der Waals surface area contributed by atoms with Crippen LogP contribution in [0.25, 0.3) is 0 Å². The number of rotatable bonds is 22. The molecule has 1 atom stereocenters. The van der Waals surface area contributed by atoms with Crippen LogP contribution >= 0.6 is 7.82 Å². The Labute approximate surface area is 196 Å². The number of unbranched alkanes of at least 4 members (excludes halogenated alkanes) is 15. The van der Waals surface area contributed by atoms with Gasteiger partial charge in [-0.25, -0.2) is 4.89 Å². The molecule has 7 heteroatoms. The molecule has 28 heavy (non-hydrogen) atoms. The standard InChI is InChI=1S/C21H45O5P.Na/c1-3-5-6-7-8-9-10-11-12-13-14-15-16-17-18-19-21-24-26-27(22,23)25-20-4-2;/h3-21H2,1-2H3,(H,22,23);/q;+1/p-1. The monoisotopic (exact) mass is 430 g/mol. The van der Waals surface area contributed by atoms with Gasteiger partial charge < -0.3 is 9.42 Å². The van der Waals surface area contributed by atoms with Crippen LogP contribution in [0.1, 0.15) is 123 Å². The molecule has 0 aliphatic heterocycles. The number of phosphoric ester groups is 1. The molecule has 0 aliphatic carbocycles. The van der Waals surface area contributed by atoms with Gasteiger partial charge in [-0.2, -0.15) is 4.67 Å². The van der Waals surface area contributed by atoms with Crippen molar-refractivity contribution in [3.05, 3.63) is 0 Å². The summed E-state index contributed by atoms with van der Waals surface area (Å²) in [6, 6.07) is 0. The molecule has 0 rings (SSSR count). The zero-order chi connectivity index (χ0) is 20.1. The second-order valence-electron chi connectivity index (χ2n) is 7.48. The minimum absolute atomic E-state index is 0. The minimum Gasteiger partial charge on any atom is -0.754 e. The van der Waals surface area contributed by atoms with E-state index in [9.17, 15) is 9.46 Å². The summed E-state index contributed by atoms with van der Waals surface area (Å²) in [6.45, 7) is 4.52. The van der Waals surface area contributed by atoms with Gasteiger partial charge in [0.2, 0.25) is 0 Å². The van der Waals surface area contributed by atoms with E-state index in [1.165, 1.54) is 89.9 Å². The molecule has 0 heterocycles. The fourth-order valence-corrected chi connectivity index (χ4v) is 3.69. The Hall–Kier alpha value is 1.07. The van der Waals surface area contributed by atoms with E-state index >= 15 is 0 Å². The summed E-state index contributed by atoms with van der Waals surface area (Å²) < 4.78 is 20.1. The SMILES string of the molecule is CCCCCCCCCCCCCCCCCCOOP(=O)([O-])OCCC.[Na+]. The van der Waals surface area contributed by atoms with Crippen molar-refractivity contribution in [2.24, 2.45) is 0 Å². The zero-order valence-corrected chi connectivity index (χ0v) is 21.8. The third kappa shape index (κ3) is 25.1. The molecule has 0 aromatic carbocycles. The van der Waals surface area contributed by atoms with Crippen molar-refractivity contribution >= 4 is 7.82 Å². The Kier molecular flexibility index (Phi) is 27.2. The summed E-state index contributed by atoms with van der Waals surface area (Å²) in [6.07, 6.45) is 21.5. The van der Waals surface area contributed by atoms with Crippen LogP contribution in [0, 0.1) is 0 Å². The molecule has 0 fully saturated rings. The van der Waals surface area contributed by atoms with Gasteiger partial charge in [0.05, 0.1) is 13.2 Å². The summed E-state index contributed by atoms with van der Waals surface area (Å²) >= 11 is 0. The first-order valence-corrected chi connectivity index (χ1v) is 12.8. The number of hydrogen-bond donors (Lipinski definition) is 0. The molecule has 0 spiro atoms. The fourth-order valence-electron chi connectivity index (χ4n) is 3.04. The van der Waals surface area contributed by atoms with Gasteiger partial charge in [-0.05, 0) is 12.8 Å². The minimum atomic E-state index is -4.27. The van der Waals surface area contributed by atoms with Crippen LogP contribution in [0.15, 0.2) is 0 Å². The summed E-state index contributed by atoms with van der Waals surface area (Å²) in [5, 5.41) is 0. The molecule has 0 N–H and O–H groups in total. The summed E-state index contributed by atoms with van der Waals surface area (Å²) in [7, 11) is -4.27. The maximum atomic E-state index is 11.2. The summed E-state index contributed by atoms with van der Waals surface area (Å²) in [4.78, 5) is 15.9. The Morgan fingerprint density at radius 3 is 1.39 bits per heavy atom. The molecule has 0 aliphatic rings. The first kappa shape index (κ1) is 31.3. The van der Waals surface area contributed by atoms with Crippen molar-refractivity contribution in [3.63, 3.8) is 0 Å².